The number of rotatable bonds is 9. The number of sulfonamides is 1. The van der Waals surface area contributed by atoms with Gasteiger partial charge in [0.2, 0.25) is 10.0 Å². The number of hydrogen-bond donors (Lipinski definition) is 3. The van der Waals surface area contributed by atoms with E-state index in [9.17, 15) is 22.8 Å². The molecular formula is C9H15NO8S. The van der Waals surface area contributed by atoms with Crippen LogP contribution in [0.5, 0.6) is 0 Å². The van der Waals surface area contributed by atoms with Gasteiger partial charge in [-0.15, -0.1) is 0 Å². The first kappa shape index (κ1) is 17.3. The molecule has 0 aliphatic carbocycles. The van der Waals surface area contributed by atoms with Crippen molar-refractivity contribution in [2.75, 3.05) is 12.9 Å². The number of aliphatic carboxylic acids is 2. The molecule has 0 aliphatic heterocycles. The molecule has 3 N–H and O–H groups in total. The van der Waals surface area contributed by atoms with E-state index in [1.807, 2.05) is 0 Å². The minimum absolute atomic E-state index is 0.0541. The molecule has 0 fully saturated rings. The molecule has 110 valence electrons. The summed E-state index contributed by atoms with van der Waals surface area (Å²) in [5.74, 6) is -4.11. The van der Waals surface area contributed by atoms with Gasteiger partial charge in [-0.3, -0.25) is 14.4 Å². The monoisotopic (exact) mass is 297 g/mol. The van der Waals surface area contributed by atoms with Gasteiger partial charge in [-0.05, 0) is 6.42 Å². The third-order valence-electron chi connectivity index (χ3n) is 2.02. The second-order valence-corrected chi connectivity index (χ2v) is 5.48. The lowest BCUT2D eigenvalue weighted by atomic mass is 10.2. The lowest BCUT2D eigenvalue weighted by Gasteiger charge is -2.12. The third-order valence-corrected chi connectivity index (χ3v) is 3.49. The summed E-state index contributed by atoms with van der Waals surface area (Å²) < 4.78 is 29.0. The number of carboxylic acid groups (broad SMARTS) is 2. The first-order valence-electron chi connectivity index (χ1n) is 5.19. The summed E-state index contributed by atoms with van der Waals surface area (Å²) in [5, 5.41) is 17.1. The second-order valence-electron chi connectivity index (χ2n) is 3.61. The fourth-order valence-corrected chi connectivity index (χ4v) is 2.40. The lowest BCUT2D eigenvalue weighted by molar-refractivity contribution is -0.145. The molecule has 0 rings (SSSR count). The molecule has 0 aromatic rings. The standard InChI is InChI=1S/C9H15NO8S/c1-18-8(13)3-2-4-19(16,17)10-6(9(14)15)5-7(11)12/h6,10H,2-5H2,1H3,(H,11,12)(H,14,15)/t6-/m0/s1. The number of nitrogens with one attached hydrogen (secondary N) is 1. The highest BCUT2D eigenvalue weighted by Crippen LogP contribution is 2.01. The van der Waals surface area contributed by atoms with Gasteiger partial charge < -0.3 is 14.9 Å². The highest BCUT2D eigenvalue weighted by Gasteiger charge is 2.26. The SMILES string of the molecule is COC(=O)CCCS(=O)(=O)N[C@@H](CC(=O)O)C(=O)O. The van der Waals surface area contributed by atoms with Crippen molar-refractivity contribution in [3.63, 3.8) is 0 Å². The number of carboxylic acids is 2. The number of hydrogen-bond acceptors (Lipinski definition) is 6. The van der Waals surface area contributed by atoms with Gasteiger partial charge in [0.1, 0.15) is 6.04 Å². The van der Waals surface area contributed by atoms with E-state index < -0.39 is 46.1 Å². The van der Waals surface area contributed by atoms with Crippen molar-refractivity contribution in [3.05, 3.63) is 0 Å². The average Bonchev–Trinajstić information content (AvgIpc) is 2.26. The van der Waals surface area contributed by atoms with Gasteiger partial charge in [0.05, 0.1) is 19.3 Å². The van der Waals surface area contributed by atoms with Crippen molar-refractivity contribution in [3.8, 4) is 0 Å². The molecule has 10 heteroatoms. The summed E-state index contributed by atoms with van der Waals surface area (Å²) in [4.78, 5) is 31.8. The number of carbonyl (C=O) groups is 3. The van der Waals surface area contributed by atoms with Crippen LogP contribution in [-0.4, -0.2) is 55.4 Å². The Kier molecular flexibility index (Phi) is 7.01. The van der Waals surface area contributed by atoms with Crippen molar-refractivity contribution in [2.45, 2.75) is 25.3 Å². The van der Waals surface area contributed by atoms with Crippen molar-refractivity contribution >= 4 is 27.9 Å². The molecule has 0 saturated heterocycles. The number of esters is 1. The summed E-state index contributed by atoms with van der Waals surface area (Å²) >= 11 is 0. The molecule has 0 bridgehead atoms. The Bertz CT molecular complexity index is 443. The molecule has 0 heterocycles. The maximum Gasteiger partial charge on any atom is 0.322 e. The van der Waals surface area contributed by atoms with Crippen LogP contribution in [0, 0.1) is 0 Å². The van der Waals surface area contributed by atoms with Gasteiger partial charge in [0.25, 0.3) is 0 Å². The van der Waals surface area contributed by atoms with Crippen LogP contribution in [0.3, 0.4) is 0 Å². The Morgan fingerprint density at radius 2 is 1.84 bits per heavy atom. The van der Waals surface area contributed by atoms with Crippen molar-refractivity contribution < 1.29 is 37.8 Å². The van der Waals surface area contributed by atoms with Gasteiger partial charge >= 0.3 is 17.9 Å². The predicted octanol–water partition coefficient (Wildman–Crippen LogP) is -1.21. The Morgan fingerprint density at radius 3 is 2.26 bits per heavy atom. The topological polar surface area (TPSA) is 147 Å². The molecule has 0 radical (unpaired) electrons. The van der Waals surface area contributed by atoms with Gasteiger partial charge in [-0.1, -0.05) is 0 Å². The van der Waals surface area contributed by atoms with E-state index in [1.165, 1.54) is 0 Å². The van der Waals surface area contributed by atoms with Crippen LogP contribution in [0.15, 0.2) is 0 Å². The Balaban J connectivity index is 4.43. The fraction of sp³-hybridized carbons (Fsp3) is 0.667. The first-order valence-corrected chi connectivity index (χ1v) is 6.84. The van der Waals surface area contributed by atoms with Crippen LogP contribution in [0.4, 0.5) is 0 Å². The van der Waals surface area contributed by atoms with E-state index in [1.54, 1.807) is 4.72 Å². The minimum Gasteiger partial charge on any atom is -0.481 e. The fourth-order valence-electron chi connectivity index (χ4n) is 1.14. The molecule has 0 aliphatic rings. The number of carbonyl (C=O) groups excluding carboxylic acids is 1. The third kappa shape index (κ3) is 8.11. The van der Waals surface area contributed by atoms with Crippen LogP contribution in [0.25, 0.3) is 0 Å². The highest BCUT2D eigenvalue weighted by atomic mass is 32.2. The van der Waals surface area contributed by atoms with Crippen LogP contribution < -0.4 is 4.72 Å². The number of methoxy groups -OCH3 is 1. The number of ether oxygens (including phenoxy) is 1. The summed E-state index contributed by atoms with van der Waals surface area (Å²) in [7, 11) is -2.82. The molecule has 0 saturated carbocycles. The van der Waals surface area contributed by atoms with Crippen molar-refractivity contribution in [1.82, 2.24) is 4.72 Å². The van der Waals surface area contributed by atoms with E-state index in [4.69, 9.17) is 10.2 Å². The van der Waals surface area contributed by atoms with Crippen LogP contribution in [0.2, 0.25) is 0 Å². The smallest absolute Gasteiger partial charge is 0.322 e. The van der Waals surface area contributed by atoms with Crippen molar-refractivity contribution in [2.24, 2.45) is 0 Å². The van der Waals surface area contributed by atoms with Crippen LogP contribution in [-0.2, 0) is 29.1 Å². The van der Waals surface area contributed by atoms with Gasteiger partial charge in [-0.25, -0.2) is 13.1 Å². The van der Waals surface area contributed by atoms with E-state index in [0.29, 0.717) is 0 Å². The van der Waals surface area contributed by atoms with Gasteiger partial charge in [0.15, 0.2) is 0 Å². The van der Waals surface area contributed by atoms with Crippen LogP contribution >= 0.6 is 0 Å². The van der Waals surface area contributed by atoms with E-state index in [-0.39, 0.29) is 12.8 Å². The minimum atomic E-state index is -3.98. The molecule has 0 spiro atoms. The molecule has 19 heavy (non-hydrogen) atoms. The Morgan fingerprint density at radius 1 is 1.26 bits per heavy atom. The summed E-state index contributed by atoms with van der Waals surface area (Å²) in [6, 6.07) is -1.74. The summed E-state index contributed by atoms with van der Waals surface area (Å²) in [6.07, 6.45) is -1.05. The van der Waals surface area contributed by atoms with Crippen LogP contribution in [0.1, 0.15) is 19.3 Å². The predicted molar refractivity (Wildman–Crippen MR) is 61.8 cm³/mol. The van der Waals surface area contributed by atoms with Crippen molar-refractivity contribution in [1.29, 1.82) is 0 Å². The normalized spacial score (nSPS) is 12.7. The van der Waals surface area contributed by atoms with E-state index in [0.717, 1.165) is 7.11 Å². The highest BCUT2D eigenvalue weighted by molar-refractivity contribution is 7.89. The Hall–Kier alpha value is -1.68. The quantitative estimate of drug-likeness (QED) is 0.449. The van der Waals surface area contributed by atoms with Gasteiger partial charge in [0, 0.05) is 6.42 Å². The molecule has 9 nitrogen and oxygen atoms in total. The van der Waals surface area contributed by atoms with E-state index in [2.05, 4.69) is 4.74 Å². The molecule has 0 aromatic carbocycles. The molecule has 0 aromatic heterocycles. The van der Waals surface area contributed by atoms with E-state index >= 15 is 0 Å². The van der Waals surface area contributed by atoms with Gasteiger partial charge in [-0.2, -0.15) is 0 Å². The molecular weight excluding hydrogens is 282 g/mol. The summed E-state index contributed by atoms with van der Waals surface area (Å²) in [6.45, 7) is 0. The molecule has 0 unspecified atom stereocenters. The zero-order valence-corrected chi connectivity index (χ0v) is 11.0. The molecule has 0 amide bonds. The molecule has 1 atom stereocenters. The maximum absolute atomic E-state index is 11.5. The Labute approximate surface area is 109 Å². The maximum atomic E-state index is 11.5. The zero-order chi connectivity index (χ0) is 15.1. The first-order chi connectivity index (χ1) is 8.68. The second kappa shape index (κ2) is 7.69. The summed E-state index contributed by atoms with van der Waals surface area (Å²) in [5.41, 5.74) is 0. The largest absolute Gasteiger partial charge is 0.481 e. The lowest BCUT2D eigenvalue weighted by Crippen LogP contribution is -2.43. The average molecular weight is 297 g/mol. The zero-order valence-electron chi connectivity index (χ0n) is 10.2.